The summed E-state index contributed by atoms with van der Waals surface area (Å²) in [6.07, 6.45) is 0.364. The summed E-state index contributed by atoms with van der Waals surface area (Å²) in [5, 5.41) is 10.7. The molecule has 17 heavy (non-hydrogen) atoms. The molecule has 0 atom stereocenters. The van der Waals surface area contributed by atoms with E-state index in [4.69, 9.17) is 5.11 Å². The number of hydrogen-bond donors (Lipinski definition) is 3. The predicted octanol–water partition coefficient (Wildman–Crippen LogP) is -0.172. The molecule has 0 saturated carbocycles. The molecule has 0 fully saturated rings. The van der Waals surface area contributed by atoms with Crippen molar-refractivity contribution in [3.63, 3.8) is 0 Å². The third-order valence-electron chi connectivity index (χ3n) is 1.74. The van der Waals surface area contributed by atoms with Crippen LogP contribution in [0, 0.1) is 0 Å². The molecule has 0 spiro atoms. The SMILES string of the molecule is CCNS(=O)(=O)NCCc1nc(C(=O)O)cs1. The fourth-order valence-electron chi connectivity index (χ4n) is 1.06. The summed E-state index contributed by atoms with van der Waals surface area (Å²) in [6.45, 7) is 2.18. The zero-order chi connectivity index (χ0) is 12.9. The fraction of sp³-hybridized carbons (Fsp3) is 0.500. The first-order chi connectivity index (χ1) is 7.94. The van der Waals surface area contributed by atoms with Gasteiger partial charge in [-0.25, -0.2) is 19.2 Å². The lowest BCUT2D eigenvalue weighted by Gasteiger charge is -2.04. The predicted molar refractivity (Wildman–Crippen MR) is 63.4 cm³/mol. The molecule has 7 nitrogen and oxygen atoms in total. The Morgan fingerprint density at radius 1 is 1.53 bits per heavy atom. The third-order valence-corrected chi connectivity index (χ3v) is 3.90. The van der Waals surface area contributed by atoms with Gasteiger partial charge in [-0.1, -0.05) is 6.92 Å². The second-order valence-electron chi connectivity index (χ2n) is 3.08. The number of rotatable bonds is 7. The summed E-state index contributed by atoms with van der Waals surface area (Å²) >= 11 is 1.19. The first-order valence-corrected chi connectivity index (χ1v) is 7.23. The number of nitrogens with one attached hydrogen (secondary N) is 2. The smallest absolute Gasteiger partial charge is 0.355 e. The Labute approximate surface area is 103 Å². The van der Waals surface area contributed by atoms with Gasteiger partial charge in [0.2, 0.25) is 0 Å². The maximum absolute atomic E-state index is 11.2. The van der Waals surface area contributed by atoms with Crippen LogP contribution < -0.4 is 9.44 Å². The van der Waals surface area contributed by atoms with E-state index in [1.54, 1.807) is 6.92 Å². The van der Waals surface area contributed by atoms with E-state index in [9.17, 15) is 13.2 Å². The van der Waals surface area contributed by atoms with Crippen molar-refractivity contribution in [1.29, 1.82) is 0 Å². The second-order valence-corrected chi connectivity index (χ2v) is 5.60. The minimum atomic E-state index is -3.45. The molecule has 0 saturated heterocycles. The van der Waals surface area contributed by atoms with Crippen LogP contribution in [0.4, 0.5) is 0 Å². The fourth-order valence-corrected chi connectivity index (χ4v) is 2.68. The number of thiazole rings is 1. The molecular formula is C8H13N3O4S2. The van der Waals surface area contributed by atoms with Crippen LogP contribution in [0.5, 0.6) is 0 Å². The highest BCUT2D eigenvalue weighted by atomic mass is 32.2. The normalized spacial score (nSPS) is 11.6. The highest BCUT2D eigenvalue weighted by Gasteiger charge is 2.10. The number of aromatic carboxylic acids is 1. The Morgan fingerprint density at radius 3 is 2.76 bits per heavy atom. The van der Waals surface area contributed by atoms with Gasteiger partial charge in [-0.3, -0.25) is 0 Å². The number of carboxylic acid groups (broad SMARTS) is 1. The molecule has 96 valence electrons. The van der Waals surface area contributed by atoms with Crippen LogP contribution >= 0.6 is 11.3 Å². The van der Waals surface area contributed by atoms with Crippen molar-refractivity contribution in [1.82, 2.24) is 14.4 Å². The molecule has 0 radical (unpaired) electrons. The number of aromatic nitrogens is 1. The average Bonchev–Trinajstić information content (AvgIpc) is 2.66. The van der Waals surface area contributed by atoms with Gasteiger partial charge in [-0.2, -0.15) is 8.42 Å². The largest absolute Gasteiger partial charge is 0.476 e. The van der Waals surface area contributed by atoms with Gasteiger partial charge in [0.05, 0.1) is 5.01 Å². The molecule has 1 rings (SSSR count). The number of nitrogens with zero attached hydrogens (tertiary/aromatic N) is 1. The zero-order valence-electron chi connectivity index (χ0n) is 9.13. The number of carboxylic acids is 1. The molecule has 3 N–H and O–H groups in total. The minimum Gasteiger partial charge on any atom is -0.476 e. The Balaban J connectivity index is 2.43. The minimum absolute atomic E-state index is 0.0143. The first-order valence-electron chi connectivity index (χ1n) is 4.86. The van der Waals surface area contributed by atoms with E-state index >= 15 is 0 Å². The van der Waals surface area contributed by atoms with Crippen molar-refractivity contribution in [3.05, 3.63) is 16.1 Å². The Morgan fingerprint density at radius 2 is 2.24 bits per heavy atom. The molecule has 1 heterocycles. The van der Waals surface area contributed by atoms with E-state index in [1.807, 2.05) is 0 Å². The topological polar surface area (TPSA) is 108 Å². The monoisotopic (exact) mass is 279 g/mol. The van der Waals surface area contributed by atoms with E-state index in [0.29, 0.717) is 18.0 Å². The Bertz CT molecular complexity index is 483. The van der Waals surface area contributed by atoms with Crippen LogP contribution in [0.15, 0.2) is 5.38 Å². The molecule has 0 aliphatic heterocycles. The van der Waals surface area contributed by atoms with E-state index in [2.05, 4.69) is 14.4 Å². The molecule has 1 aromatic heterocycles. The van der Waals surface area contributed by atoms with Gasteiger partial charge in [0.1, 0.15) is 0 Å². The highest BCUT2D eigenvalue weighted by Crippen LogP contribution is 2.09. The van der Waals surface area contributed by atoms with Gasteiger partial charge in [-0.15, -0.1) is 11.3 Å². The average molecular weight is 279 g/mol. The quantitative estimate of drug-likeness (QED) is 0.642. The van der Waals surface area contributed by atoms with Crippen LogP contribution in [0.1, 0.15) is 22.4 Å². The number of carbonyl (C=O) groups is 1. The first kappa shape index (κ1) is 14.0. The van der Waals surface area contributed by atoms with E-state index < -0.39 is 16.2 Å². The second kappa shape index (κ2) is 6.05. The van der Waals surface area contributed by atoms with Crippen molar-refractivity contribution in [2.24, 2.45) is 0 Å². The molecule has 1 aromatic rings. The molecule has 0 unspecified atom stereocenters. The third kappa shape index (κ3) is 4.77. The zero-order valence-corrected chi connectivity index (χ0v) is 10.8. The molecule has 9 heteroatoms. The van der Waals surface area contributed by atoms with Gasteiger partial charge in [0, 0.05) is 24.9 Å². The van der Waals surface area contributed by atoms with Gasteiger partial charge < -0.3 is 5.11 Å². The maximum Gasteiger partial charge on any atom is 0.355 e. The lowest BCUT2D eigenvalue weighted by Crippen LogP contribution is -2.37. The van der Waals surface area contributed by atoms with Crippen molar-refractivity contribution < 1.29 is 18.3 Å². The summed E-state index contributed by atoms with van der Waals surface area (Å²) in [7, 11) is -3.45. The molecule has 0 aliphatic carbocycles. The van der Waals surface area contributed by atoms with Crippen molar-refractivity contribution in [2.45, 2.75) is 13.3 Å². The summed E-state index contributed by atoms with van der Waals surface area (Å²) in [6, 6.07) is 0. The van der Waals surface area contributed by atoms with Crippen LogP contribution in [0.25, 0.3) is 0 Å². The number of hydrogen-bond acceptors (Lipinski definition) is 5. The maximum atomic E-state index is 11.2. The summed E-state index contributed by atoms with van der Waals surface area (Å²) in [5.74, 6) is -1.08. The highest BCUT2D eigenvalue weighted by molar-refractivity contribution is 7.87. The summed E-state index contributed by atoms with van der Waals surface area (Å²) in [4.78, 5) is 14.4. The van der Waals surface area contributed by atoms with E-state index in [0.717, 1.165) is 0 Å². The lowest BCUT2D eigenvalue weighted by molar-refractivity contribution is 0.0691. The molecule has 0 bridgehead atoms. The van der Waals surface area contributed by atoms with Crippen LogP contribution in [0.3, 0.4) is 0 Å². The van der Waals surface area contributed by atoms with Crippen LogP contribution in [0.2, 0.25) is 0 Å². The molecule has 0 aromatic carbocycles. The van der Waals surface area contributed by atoms with Gasteiger partial charge in [-0.05, 0) is 0 Å². The van der Waals surface area contributed by atoms with Crippen LogP contribution in [-0.4, -0.2) is 37.6 Å². The van der Waals surface area contributed by atoms with Crippen molar-refractivity contribution >= 4 is 27.5 Å². The van der Waals surface area contributed by atoms with Gasteiger partial charge in [0.15, 0.2) is 5.69 Å². The summed E-state index contributed by atoms with van der Waals surface area (Å²) < 4.78 is 27.0. The Kier molecular flexibility index (Phi) is 5.00. The standard InChI is InChI=1S/C8H13N3O4S2/c1-2-9-17(14,15)10-4-3-7-11-6(5-16-7)8(12)13/h5,9-10H,2-4H2,1H3,(H,12,13). The lowest BCUT2D eigenvalue weighted by atomic mass is 10.4. The van der Waals surface area contributed by atoms with Gasteiger partial charge >= 0.3 is 5.97 Å². The molecule has 0 aliphatic rings. The van der Waals surface area contributed by atoms with Crippen molar-refractivity contribution in [2.75, 3.05) is 13.1 Å². The van der Waals surface area contributed by atoms with Crippen molar-refractivity contribution in [3.8, 4) is 0 Å². The van der Waals surface area contributed by atoms with Gasteiger partial charge in [0.25, 0.3) is 10.2 Å². The summed E-state index contributed by atoms with van der Waals surface area (Å²) in [5.41, 5.74) is -0.0143. The molecular weight excluding hydrogens is 266 g/mol. The van der Waals surface area contributed by atoms with Crippen LogP contribution in [-0.2, 0) is 16.6 Å². The Hall–Kier alpha value is -1.03. The van der Waals surface area contributed by atoms with E-state index in [1.165, 1.54) is 16.7 Å². The van der Waals surface area contributed by atoms with E-state index in [-0.39, 0.29) is 12.2 Å². The molecule has 0 amide bonds.